The first-order valence-electron chi connectivity index (χ1n) is 5.69. The highest BCUT2D eigenvalue weighted by Crippen LogP contribution is 2.13. The van der Waals surface area contributed by atoms with Crippen LogP contribution in [0.5, 0.6) is 0 Å². The molecule has 0 amide bonds. The van der Waals surface area contributed by atoms with E-state index in [2.05, 4.69) is 41.2 Å². The van der Waals surface area contributed by atoms with Crippen molar-refractivity contribution in [2.24, 2.45) is 0 Å². The Balaban J connectivity index is 1.90. The van der Waals surface area contributed by atoms with E-state index in [1.165, 1.54) is 18.5 Å². The van der Waals surface area contributed by atoms with Crippen molar-refractivity contribution < 1.29 is 0 Å². The number of nitrogens with zero attached hydrogens (tertiary/aromatic N) is 2. The molecule has 0 bridgehead atoms. The molecule has 15 heavy (non-hydrogen) atoms. The summed E-state index contributed by atoms with van der Waals surface area (Å²) < 4.78 is 0. The van der Waals surface area contributed by atoms with Crippen LogP contribution in [-0.4, -0.2) is 35.6 Å². The van der Waals surface area contributed by atoms with Crippen LogP contribution < -0.4 is 5.32 Å². The number of likely N-dealkylation sites (tertiary alicyclic amines) is 1. The van der Waals surface area contributed by atoms with Gasteiger partial charge in [0.2, 0.25) is 0 Å². The molecule has 1 aliphatic rings. The van der Waals surface area contributed by atoms with Gasteiger partial charge >= 0.3 is 0 Å². The van der Waals surface area contributed by atoms with Gasteiger partial charge < -0.3 is 10.2 Å². The lowest BCUT2D eigenvalue weighted by atomic mass is 10.2. The first-order chi connectivity index (χ1) is 7.28. The molecular formula is C12H19N3. The number of likely N-dealkylation sites (N-methyl/N-ethyl adjacent to an activating group) is 1. The van der Waals surface area contributed by atoms with E-state index in [0.717, 1.165) is 18.9 Å². The molecule has 1 aliphatic heterocycles. The molecule has 1 N–H and O–H groups in total. The minimum absolute atomic E-state index is 0.570. The van der Waals surface area contributed by atoms with E-state index in [0.29, 0.717) is 6.04 Å². The zero-order valence-electron chi connectivity index (χ0n) is 9.53. The number of pyridine rings is 1. The van der Waals surface area contributed by atoms with Gasteiger partial charge in [-0.15, -0.1) is 0 Å². The molecule has 1 saturated heterocycles. The van der Waals surface area contributed by atoms with Gasteiger partial charge in [0.1, 0.15) is 5.82 Å². The van der Waals surface area contributed by atoms with Crippen molar-refractivity contribution in [1.29, 1.82) is 0 Å². The maximum atomic E-state index is 4.36. The van der Waals surface area contributed by atoms with Crippen LogP contribution in [0.25, 0.3) is 0 Å². The Labute approximate surface area is 91.5 Å². The molecule has 0 aromatic carbocycles. The topological polar surface area (TPSA) is 28.2 Å². The number of hydrogen-bond acceptors (Lipinski definition) is 3. The Morgan fingerprint density at radius 3 is 3.00 bits per heavy atom. The average molecular weight is 205 g/mol. The second-order valence-electron chi connectivity index (χ2n) is 4.24. The van der Waals surface area contributed by atoms with Crippen LogP contribution >= 0.6 is 0 Å². The van der Waals surface area contributed by atoms with Gasteiger partial charge in [0.25, 0.3) is 0 Å². The first kappa shape index (κ1) is 10.4. The van der Waals surface area contributed by atoms with Gasteiger partial charge in [-0.3, -0.25) is 0 Å². The highest BCUT2D eigenvalue weighted by molar-refractivity contribution is 5.36. The fourth-order valence-electron chi connectivity index (χ4n) is 2.00. The van der Waals surface area contributed by atoms with Crippen LogP contribution in [0.1, 0.15) is 18.9 Å². The molecule has 1 atom stereocenters. The fourth-order valence-corrected chi connectivity index (χ4v) is 2.00. The summed E-state index contributed by atoms with van der Waals surface area (Å²) in [6, 6.07) is 4.73. The number of hydrogen-bond donors (Lipinski definition) is 1. The molecule has 1 aromatic rings. The minimum atomic E-state index is 0.570. The van der Waals surface area contributed by atoms with Gasteiger partial charge in [-0.2, -0.15) is 0 Å². The van der Waals surface area contributed by atoms with Gasteiger partial charge in [-0.05, 0) is 31.5 Å². The summed E-state index contributed by atoms with van der Waals surface area (Å²) in [6.45, 7) is 7.78. The summed E-state index contributed by atoms with van der Waals surface area (Å²) in [4.78, 5) is 6.83. The molecule has 2 rings (SSSR count). The summed E-state index contributed by atoms with van der Waals surface area (Å²) in [7, 11) is 0. The highest BCUT2D eigenvalue weighted by Gasteiger charge is 2.20. The van der Waals surface area contributed by atoms with Crippen LogP contribution in [0.3, 0.4) is 0 Å². The Kier molecular flexibility index (Phi) is 3.21. The molecule has 2 heterocycles. The molecular weight excluding hydrogens is 186 g/mol. The normalized spacial score (nSPS) is 21.9. The summed E-state index contributed by atoms with van der Waals surface area (Å²) >= 11 is 0. The van der Waals surface area contributed by atoms with Crippen LogP contribution in [0.2, 0.25) is 0 Å². The van der Waals surface area contributed by atoms with Gasteiger partial charge in [-0.25, -0.2) is 4.98 Å². The van der Waals surface area contributed by atoms with Crippen molar-refractivity contribution in [3.63, 3.8) is 0 Å². The maximum Gasteiger partial charge on any atom is 0.126 e. The van der Waals surface area contributed by atoms with E-state index in [-0.39, 0.29) is 0 Å². The Bertz CT molecular complexity index is 307. The predicted octanol–water partition coefficient (Wildman–Crippen LogP) is 1.90. The van der Waals surface area contributed by atoms with Crippen molar-refractivity contribution in [3.05, 3.63) is 23.9 Å². The summed E-state index contributed by atoms with van der Waals surface area (Å²) in [5.74, 6) is 1.00. The Hall–Kier alpha value is -1.09. The summed E-state index contributed by atoms with van der Waals surface area (Å²) in [6.07, 6.45) is 3.14. The van der Waals surface area contributed by atoms with Crippen molar-refractivity contribution in [2.75, 3.05) is 25.0 Å². The van der Waals surface area contributed by atoms with Gasteiger partial charge in [0.15, 0.2) is 0 Å². The lowest BCUT2D eigenvalue weighted by Crippen LogP contribution is -2.26. The SMILES string of the molecule is CCN1CCC(Nc2ccc(C)cn2)C1. The number of nitrogens with one attached hydrogen (secondary N) is 1. The third kappa shape index (κ3) is 2.69. The number of rotatable bonds is 3. The zero-order chi connectivity index (χ0) is 10.7. The standard InChI is InChI=1S/C12H19N3/c1-3-15-7-6-11(9-15)14-12-5-4-10(2)8-13-12/h4-5,8,11H,3,6-7,9H2,1-2H3,(H,13,14). The number of anilines is 1. The lowest BCUT2D eigenvalue weighted by Gasteiger charge is -2.14. The van der Waals surface area contributed by atoms with Crippen molar-refractivity contribution in [2.45, 2.75) is 26.3 Å². The molecule has 0 spiro atoms. The van der Waals surface area contributed by atoms with E-state index in [1.54, 1.807) is 0 Å². The smallest absolute Gasteiger partial charge is 0.126 e. The van der Waals surface area contributed by atoms with Gasteiger partial charge in [0, 0.05) is 25.3 Å². The molecule has 82 valence electrons. The zero-order valence-corrected chi connectivity index (χ0v) is 9.53. The first-order valence-corrected chi connectivity index (χ1v) is 5.69. The van der Waals surface area contributed by atoms with E-state index in [4.69, 9.17) is 0 Å². The van der Waals surface area contributed by atoms with Crippen LogP contribution in [0.4, 0.5) is 5.82 Å². The third-order valence-corrected chi connectivity index (χ3v) is 2.98. The third-order valence-electron chi connectivity index (χ3n) is 2.98. The molecule has 1 fully saturated rings. The quantitative estimate of drug-likeness (QED) is 0.817. The number of aromatic nitrogens is 1. The summed E-state index contributed by atoms with van der Waals surface area (Å²) in [5.41, 5.74) is 1.21. The minimum Gasteiger partial charge on any atom is -0.366 e. The number of aryl methyl sites for hydroxylation is 1. The maximum absolute atomic E-state index is 4.36. The van der Waals surface area contributed by atoms with Gasteiger partial charge in [0.05, 0.1) is 0 Å². The van der Waals surface area contributed by atoms with Crippen molar-refractivity contribution >= 4 is 5.82 Å². The Morgan fingerprint density at radius 1 is 1.53 bits per heavy atom. The van der Waals surface area contributed by atoms with E-state index < -0.39 is 0 Å². The van der Waals surface area contributed by atoms with Crippen LogP contribution in [-0.2, 0) is 0 Å². The second kappa shape index (κ2) is 4.62. The van der Waals surface area contributed by atoms with E-state index >= 15 is 0 Å². The fraction of sp³-hybridized carbons (Fsp3) is 0.583. The molecule has 1 unspecified atom stereocenters. The molecule has 3 nitrogen and oxygen atoms in total. The molecule has 0 saturated carbocycles. The average Bonchev–Trinajstić information content (AvgIpc) is 2.69. The van der Waals surface area contributed by atoms with Gasteiger partial charge in [-0.1, -0.05) is 13.0 Å². The van der Waals surface area contributed by atoms with Crippen LogP contribution in [0, 0.1) is 6.92 Å². The molecule has 1 aromatic heterocycles. The largest absolute Gasteiger partial charge is 0.366 e. The second-order valence-corrected chi connectivity index (χ2v) is 4.24. The van der Waals surface area contributed by atoms with Crippen LogP contribution in [0.15, 0.2) is 18.3 Å². The highest BCUT2D eigenvalue weighted by atomic mass is 15.2. The monoisotopic (exact) mass is 205 g/mol. The van der Waals surface area contributed by atoms with E-state index in [1.807, 2.05) is 6.20 Å². The molecule has 0 radical (unpaired) electrons. The molecule has 3 heteroatoms. The van der Waals surface area contributed by atoms with Crippen molar-refractivity contribution in [1.82, 2.24) is 9.88 Å². The summed E-state index contributed by atoms with van der Waals surface area (Å²) in [5, 5.41) is 3.48. The van der Waals surface area contributed by atoms with Crippen molar-refractivity contribution in [3.8, 4) is 0 Å². The van der Waals surface area contributed by atoms with E-state index in [9.17, 15) is 0 Å². The lowest BCUT2D eigenvalue weighted by molar-refractivity contribution is 0.356. The molecule has 0 aliphatic carbocycles. The predicted molar refractivity (Wildman–Crippen MR) is 63.1 cm³/mol. The Morgan fingerprint density at radius 2 is 2.40 bits per heavy atom.